The fraction of sp³-hybridized carbons (Fsp3) is 0. The molecule has 3 rings (SSSR count). The third kappa shape index (κ3) is 1.28. The summed E-state index contributed by atoms with van der Waals surface area (Å²) in [7, 11) is 0. The van der Waals surface area contributed by atoms with Crippen LogP contribution < -0.4 is 0 Å². The Labute approximate surface area is 89.7 Å². The first kappa shape index (κ1) is 8.43. The smallest absolute Gasteiger partial charge is 0.186 e. The predicted molar refractivity (Wildman–Crippen MR) is 55.6 cm³/mol. The quantitative estimate of drug-likeness (QED) is 0.679. The SMILES string of the molecule is Clc1ccc2nnc(-c3cc[nH]c3)n2n1. The second kappa shape index (κ2) is 3.06. The summed E-state index contributed by atoms with van der Waals surface area (Å²) in [6.45, 7) is 0. The van der Waals surface area contributed by atoms with Crippen LogP contribution in [0.15, 0.2) is 30.6 Å². The van der Waals surface area contributed by atoms with Crippen molar-refractivity contribution < 1.29 is 0 Å². The van der Waals surface area contributed by atoms with Crippen LogP contribution in [0.25, 0.3) is 17.0 Å². The Balaban J connectivity index is 2.32. The van der Waals surface area contributed by atoms with Gasteiger partial charge in [0.15, 0.2) is 11.5 Å². The van der Waals surface area contributed by atoms with Crippen LogP contribution in [0.1, 0.15) is 0 Å². The number of rotatable bonds is 1. The summed E-state index contributed by atoms with van der Waals surface area (Å²) in [5.74, 6) is 0.675. The van der Waals surface area contributed by atoms with Crippen LogP contribution in [-0.2, 0) is 0 Å². The van der Waals surface area contributed by atoms with E-state index in [1.54, 1.807) is 16.6 Å². The number of nitrogens with one attached hydrogen (secondary N) is 1. The highest BCUT2D eigenvalue weighted by Crippen LogP contribution is 2.17. The molecule has 0 saturated carbocycles. The van der Waals surface area contributed by atoms with Gasteiger partial charge in [0.2, 0.25) is 0 Å². The van der Waals surface area contributed by atoms with Gasteiger partial charge in [-0.1, -0.05) is 11.6 Å². The molecular weight excluding hydrogens is 214 g/mol. The molecule has 0 fully saturated rings. The van der Waals surface area contributed by atoms with Crippen molar-refractivity contribution >= 4 is 17.2 Å². The first-order valence-electron chi connectivity index (χ1n) is 4.36. The fourth-order valence-corrected chi connectivity index (χ4v) is 1.55. The Morgan fingerprint density at radius 3 is 2.93 bits per heavy atom. The van der Waals surface area contributed by atoms with Gasteiger partial charge in [0.1, 0.15) is 5.15 Å². The van der Waals surface area contributed by atoms with Gasteiger partial charge in [-0.25, -0.2) is 0 Å². The third-order valence-electron chi connectivity index (χ3n) is 2.09. The molecule has 6 heteroatoms. The van der Waals surface area contributed by atoms with Gasteiger partial charge in [0, 0.05) is 18.0 Å². The molecule has 3 aromatic heterocycles. The van der Waals surface area contributed by atoms with Gasteiger partial charge in [0.25, 0.3) is 0 Å². The van der Waals surface area contributed by atoms with Crippen molar-refractivity contribution in [1.82, 2.24) is 24.8 Å². The van der Waals surface area contributed by atoms with Gasteiger partial charge in [-0.3, -0.25) is 0 Å². The maximum Gasteiger partial charge on any atom is 0.186 e. The van der Waals surface area contributed by atoms with E-state index in [-0.39, 0.29) is 0 Å². The first-order chi connectivity index (χ1) is 7.34. The molecule has 74 valence electrons. The zero-order valence-corrected chi connectivity index (χ0v) is 8.31. The molecular formula is C9H6ClN5. The first-order valence-corrected chi connectivity index (χ1v) is 4.73. The summed E-state index contributed by atoms with van der Waals surface area (Å²) in [5, 5.41) is 12.6. The number of hydrogen-bond acceptors (Lipinski definition) is 3. The zero-order chi connectivity index (χ0) is 10.3. The third-order valence-corrected chi connectivity index (χ3v) is 2.29. The molecule has 1 N–H and O–H groups in total. The van der Waals surface area contributed by atoms with Crippen molar-refractivity contribution in [3.8, 4) is 11.4 Å². The summed E-state index contributed by atoms with van der Waals surface area (Å²) in [5.41, 5.74) is 1.60. The Morgan fingerprint density at radius 2 is 2.13 bits per heavy atom. The van der Waals surface area contributed by atoms with Crippen molar-refractivity contribution in [2.24, 2.45) is 0 Å². The summed E-state index contributed by atoms with van der Waals surface area (Å²) >= 11 is 5.81. The van der Waals surface area contributed by atoms with Gasteiger partial charge >= 0.3 is 0 Å². The van der Waals surface area contributed by atoms with E-state index < -0.39 is 0 Å². The van der Waals surface area contributed by atoms with Crippen molar-refractivity contribution in [2.45, 2.75) is 0 Å². The molecule has 0 spiro atoms. The van der Waals surface area contributed by atoms with E-state index in [0.29, 0.717) is 16.6 Å². The van der Waals surface area contributed by atoms with Crippen molar-refractivity contribution in [3.63, 3.8) is 0 Å². The molecule has 15 heavy (non-hydrogen) atoms. The summed E-state index contributed by atoms with van der Waals surface area (Å²) < 4.78 is 1.62. The summed E-state index contributed by atoms with van der Waals surface area (Å²) in [4.78, 5) is 2.96. The zero-order valence-electron chi connectivity index (χ0n) is 7.55. The average molecular weight is 220 g/mol. The molecule has 0 aliphatic rings. The lowest BCUT2D eigenvalue weighted by molar-refractivity contribution is 0.936. The van der Waals surface area contributed by atoms with Crippen LogP contribution in [0.2, 0.25) is 5.15 Å². The topological polar surface area (TPSA) is 58.9 Å². The van der Waals surface area contributed by atoms with Crippen LogP contribution in [0, 0.1) is 0 Å². The highest BCUT2D eigenvalue weighted by Gasteiger charge is 2.09. The lowest BCUT2D eigenvalue weighted by Crippen LogP contribution is -1.93. The number of aromatic amines is 1. The minimum Gasteiger partial charge on any atom is -0.367 e. The minimum atomic E-state index is 0.416. The van der Waals surface area contributed by atoms with Crippen molar-refractivity contribution in [2.75, 3.05) is 0 Å². The van der Waals surface area contributed by atoms with Gasteiger partial charge in [0.05, 0.1) is 0 Å². The Hall–Kier alpha value is -1.88. The van der Waals surface area contributed by atoms with Crippen molar-refractivity contribution in [3.05, 3.63) is 35.7 Å². The standard InChI is InChI=1S/C9H6ClN5/c10-7-1-2-8-12-13-9(15(8)14-7)6-3-4-11-5-6/h1-5,11H. The molecule has 0 saturated heterocycles. The molecule has 5 nitrogen and oxygen atoms in total. The van der Waals surface area contributed by atoms with Gasteiger partial charge < -0.3 is 4.98 Å². The highest BCUT2D eigenvalue weighted by molar-refractivity contribution is 6.29. The highest BCUT2D eigenvalue weighted by atomic mass is 35.5. The molecule has 0 aliphatic heterocycles. The summed E-state index contributed by atoms with van der Waals surface area (Å²) in [6.07, 6.45) is 3.65. The van der Waals surface area contributed by atoms with Crippen LogP contribution in [0.3, 0.4) is 0 Å². The van der Waals surface area contributed by atoms with E-state index in [2.05, 4.69) is 20.3 Å². The van der Waals surface area contributed by atoms with E-state index in [1.807, 2.05) is 18.5 Å². The number of H-pyrrole nitrogens is 1. The molecule has 0 atom stereocenters. The van der Waals surface area contributed by atoms with Gasteiger partial charge in [-0.2, -0.15) is 9.61 Å². The molecule has 3 aromatic rings. The monoisotopic (exact) mass is 219 g/mol. The number of fused-ring (bicyclic) bond motifs is 1. The van der Waals surface area contributed by atoms with Crippen molar-refractivity contribution in [1.29, 1.82) is 0 Å². The predicted octanol–water partition coefficient (Wildman–Crippen LogP) is 1.77. The van der Waals surface area contributed by atoms with Crippen LogP contribution in [0.5, 0.6) is 0 Å². The molecule has 0 amide bonds. The number of hydrogen-bond donors (Lipinski definition) is 1. The van der Waals surface area contributed by atoms with E-state index in [4.69, 9.17) is 11.6 Å². The fourth-order valence-electron chi connectivity index (χ4n) is 1.41. The van der Waals surface area contributed by atoms with E-state index >= 15 is 0 Å². The average Bonchev–Trinajstić information content (AvgIpc) is 2.83. The lowest BCUT2D eigenvalue weighted by Gasteiger charge is -1.95. The molecule has 0 aliphatic carbocycles. The minimum absolute atomic E-state index is 0.416. The second-order valence-corrected chi connectivity index (χ2v) is 3.44. The van der Waals surface area contributed by atoms with Crippen LogP contribution in [-0.4, -0.2) is 24.8 Å². The Kier molecular flexibility index (Phi) is 1.72. The molecule has 0 unspecified atom stereocenters. The summed E-state index contributed by atoms with van der Waals surface area (Å²) in [6, 6.07) is 5.37. The Bertz CT molecular complexity index is 598. The van der Waals surface area contributed by atoms with E-state index in [1.165, 1.54) is 0 Å². The number of nitrogens with zero attached hydrogens (tertiary/aromatic N) is 4. The van der Waals surface area contributed by atoms with Gasteiger partial charge in [-0.05, 0) is 18.2 Å². The maximum absolute atomic E-state index is 5.81. The Morgan fingerprint density at radius 1 is 1.20 bits per heavy atom. The second-order valence-electron chi connectivity index (χ2n) is 3.05. The van der Waals surface area contributed by atoms with Crippen LogP contribution >= 0.6 is 11.6 Å². The van der Waals surface area contributed by atoms with Gasteiger partial charge in [-0.15, -0.1) is 10.2 Å². The van der Waals surface area contributed by atoms with E-state index in [0.717, 1.165) is 5.56 Å². The van der Waals surface area contributed by atoms with Crippen LogP contribution in [0.4, 0.5) is 0 Å². The molecule has 0 aromatic carbocycles. The molecule has 0 bridgehead atoms. The molecule has 0 radical (unpaired) electrons. The maximum atomic E-state index is 5.81. The largest absolute Gasteiger partial charge is 0.367 e. The molecule has 3 heterocycles. The van der Waals surface area contributed by atoms with E-state index in [9.17, 15) is 0 Å². The lowest BCUT2D eigenvalue weighted by atomic mass is 10.3. The normalized spacial score (nSPS) is 11.0. The number of halogens is 1. The number of aromatic nitrogens is 5.